The summed E-state index contributed by atoms with van der Waals surface area (Å²) in [7, 11) is 1.54. The molecule has 0 saturated carbocycles. The minimum absolute atomic E-state index is 0.222. The first-order chi connectivity index (χ1) is 16.0. The van der Waals surface area contributed by atoms with Crippen LogP contribution < -0.4 is 20.6 Å². The summed E-state index contributed by atoms with van der Waals surface area (Å²) in [6, 6.07) is 17.2. The van der Waals surface area contributed by atoms with Crippen molar-refractivity contribution >= 4 is 23.2 Å². The Bertz CT molecular complexity index is 1410. The van der Waals surface area contributed by atoms with Crippen molar-refractivity contribution in [2.45, 2.75) is 26.4 Å². The van der Waals surface area contributed by atoms with E-state index in [0.29, 0.717) is 29.6 Å². The van der Waals surface area contributed by atoms with Crippen LogP contribution in [0.25, 0.3) is 5.65 Å². The first-order valence-electron chi connectivity index (χ1n) is 10.8. The molecule has 33 heavy (non-hydrogen) atoms. The summed E-state index contributed by atoms with van der Waals surface area (Å²) >= 11 is 0. The van der Waals surface area contributed by atoms with Gasteiger partial charge in [-0.1, -0.05) is 36.4 Å². The lowest BCUT2D eigenvalue weighted by molar-refractivity contribution is -0.117. The van der Waals surface area contributed by atoms with E-state index in [-0.39, 0.29) is 12.5 Å². The number of methoxy groups -OCH3 is 1. The average Bonchev–Trinajstić information content (AvgIpc) is 3.13. The molecule has 2 aromatic carbocycles. The molecule has 1 N–H and O–H groups in total. The molecule has 1 amide bonds. The topological polar surface area (TPSA) is 93.8 Å². The Morgan fingerprint density at radius 1 is 1.12 bits per heavy atom. The van der Waals surface area contributed by atoms with Gasteiger partial charge in [-0.2, -0.15) is 0 Å². The fourth-order valence-corrected chi connectivity index (χ4v) is 4.19. The van der Waals surface area contributed by atoms with E-state index in [9.17, 15) is 9.59 Å². The summed E-state index contributed by atoms with van der Waals surface area (Å²) in [5, 5.41) is 7.19. The highest BCUT2D eigenvalue weighted by atomic mass is 16.5. The van der Waals surface area contributed by atoms with E-state index in [1.54, 1.807) is 24.3 Å². The maximum atomic E-state index is 13.3. The van der Waals surface area contributed by atoms with Crippen LogP contribution >= 0.6 is 0 Å². The lowest BCUT2D eigenvalue weighted by Crippen LogP contribution is -2.35. The summed E-state index contributed by atoms with van der Waals surface area (Å²) in [6.07, 6.45) is 0.873. The molecular weight excluding hydrogens is 420 g/mol. The monoisotopic (exact) mass is 444 g/mol. The molecule has 9 heteroatoms. The molecule has 168 valence electrons. The number of rotatable bonds is 5. The van der Waals surface area contributed by atoms with E-state index in [2.05, 4.69) is 32.4 Å². The zero-order valence-electron chi connectivity index (χ0n) is 18.5. The first kappa shape index (κ1) is 20.7. The molecular formula is C24H24N6O3. The van der Waals surface area contributed by atoms with Gasteiger partial charge < -0.3 is 15.0 Å². The maximum absolute atomic E-state index is 13.3. The minimum Gasteiger partial charge on any atom is -0.495 e. The number of benzene rings is 2. The van der Waals surface area contributed by atoms with Crippen LogP contribution in [0.4, 0.5) is 11.6 Å². The van der Waals surface area contributed by atoms with Gasteiger partial charge in [0.05, 0.1) is 12.8 Å². The molecule has 3 heterocycles. The number of nitrogens with zero attached hydrogens (tertiary/aromatic N) is 5. The van der Waals surface area contributed by atoms with Crippen LogP contribution in [0.1, 0.15) is 16.8 Å². The Kier molecular flexibility index (Phi) is 5.29. The average molecular weight is 444 g/mol. The lowest BCUT2D eigenvalue weighted by Gasteiger charge is -2.29. The van der Waals surface area contributed by atoms with Crippen molar-refractivity contribution < 1.29 is 9.53 Å². The Morgan fingerprint density at radius 2 is 1.88 bits per heavy atom. The number of ether oxygens (including phenoxy) is 1. The van der Waals surface area contributed by atoms with Crippen molar-refractivity contribution in [3.63, 3.8) is 0 Å². The summed E-state index contributed by atoms with van der Waals surface area (Å²) in [5.74, 6) is 0.713. The van der Waals surface area contributed by atoms with Crippen LogP contribution in [-0.4, -0.2) is 38.7 Å². The highest BCUT2D eigenvalue weighted by molar-refractivity contribution is 5.92. The molecule has 0 atom stereocenters. The second kappa shape index (κ2) is 8.42. The molecule has 0 radical (unpaired) electrons. The molecule has 1 aliphatic rings. The van der Waals surface area contributed by atoms with Crippen LogP contribution in [0.15, 0.2) is 59.4 Å². The number of fused-ring (bicyclic) bond motifs is 2. The van der Waals surface area contributed by atoms with Crippen LogP contribution in [0.2, 0.25) is 0 Å². The van der Waals surface area contributed by atoms with E-state index in [1.165, 1.54) is 27.3 Å². The van der Waals surface area contributed by atoms with Gasteiger partial charge in [-0.3, -0.25) is 4.79 Å². The first-order valence-corrected chi connectivity index (χ1v) is 10.8. The smallest absolute Gasteiger partial charge is 0.353 e. The van der Waals surface area contributed by atoms with E-state index < -0.39 is 5.69 Å². The van der Waals surface area contributed by atoms with Gasteiger partial charge in [-0.05, 0) is 36.6 Å². The van der Waals surface area contributed by atoms with Gasteiger partial charge in [0.2, 0.25) is 11.9 Å². The Labute approximate surface area is 190 Å². The number of anilines is 2. The zero-order valence-corrected chi connectivity index (χ0v) is 18.5. The zero-order chi connectivity index (χ0) is 22.9. The predicted molar refractivity (Wildman–Crippen MR) is 125 cm³/mol. The number of nitrogens with one attached hydrogen (secondary N) is 1. The van der Waals surface area contributed by atoms with E-state index in [0.717, 1.165) is 18.7 Å². The molecule has 0 bridgehead atoms. The van der Waals surface area contributed by atoms with Crippen molar-refractivity contribution in [3.8, 4) is 5.75 Å². The second-order valence-corrected chi connectivity index (χ2v) is 8.02. The van der Waals surface area contributed by atoms with Crippen molar-refractivity contribution in [1.29, 1.82) is 0 Å². The molecule has 0 fully saturated rings. The van der Waals surface area contributed by atoms with Crippen LogP contribution in [0.5, 0.6) is 5.75 Å². The molecule has 0 spiro atoms. The number of hydrogen-bond acceptors (Lipinski definition) is 6. The third kappa shape index (κ3) is 3.93. The predicted octanol–water partition coefficient (Wildman–Crippen LogP) is 2.41. The van der Waals surface area contributed by atoms with Gasteiger partial charge in [0.1, 0.15) is 12.3 Å². The van der Waals surface area contributed by atoms with E-state index >= 15 is 0 Å². The minimum atomic E-state index is -0.401. The van der Waals surface area contributed by atoms with E-state index in [1.807, 2.05) is 25.1 Å². The summed E-state index contributed by atoms with van der Waals surface area (Å²) in [4.78, 5) is 32.7. The molecule has 9 nitrogen and oxygen atoms in total. The molecule has 5 rings (SSSR count). The number of hydrogen-bond donors (Lipinski definition) is 1. The summed E-state index contributed by atoms with van der Waals surface area (Å²) < 4.78 is 7.93. The van der Waals surface area contributed by atoms with Gasteiger partial charge in [-0.25, -0.2) is 18.9 Å². The van der Waals surface area contributed by atoms with Gasteiger partial charge >= 0.3 is 5.69 Å². The Balaban J connectivity index is 1.46. The molecule has 0 saturated heterocycles. The largest absolute Gasteiger partial charge is 0.495 e. The van der Waals surface area contributed by atoms with Crippen LogP contribution in [-0.2, 0) is 24.3 Å². The molecule has 0 aliphatic carbocycles. The van der Waals surface area contributed by atoms with Crippen molar-refractivity contribution in [3.05, 3.63) is 81.9 Å². The molecule has 4 aromatic rings. The van der Waals surface area contributed by atoms with Crippen molar-refractivity contribution in [2.75, 3.05) is 23.9 Å². The maximum Gasteiger partial charge on any atom is 0.353 e. The summed E-state index contributed by atoms with van der Waals surface area (Å²) in [5.41, 5.74) is 3.89. The highest BCUT2D eigenvalue weighted by Gasteiger charge is 2.23. The van der Waals surface area contributed by atoms with Crippen LogP contribution in [0.3, 0.4) is 0 Å². The van der Waals surface area contributed by atoms with Crippen molar-refractivity contribution in [2.24, 2.45) is 0 Å². The quantitative estimate of drug-likeness (QED) is 0.508. The second-order valence-electron chi connectivity index (χ2n) is 8.02. The number of carbonyl (C=O) groups is 1. The Hall–Kier alpha value is -4.14. The summed E-state index contributed by atoms with van der Waals surface area (Å²) in [6.45, 7) is 3.06. The number of para-hydroxylation sites is 2. The number of carbonyl (C=O) groups excluding carboxylic acids is 1. The van der Waals surface area contributed by atoms with Gasteiger partial charge in [0, 0.05) is 24.8 Å². The molecule has 0 unspecified atom stereocenters. The number of aryl methyl sites for hydroxylation is 1. The molecule has 2 aromatic heterocycles. The van der Waals surface area contributed by atoms with Crippen LogP contribution in [0, 0.1) is 6.92 Å². The SMILES string of the molecule is COc1ccccc1NC(=O)Cn1nc2cc(C)nc(N3CCc4ccccc4C3)n2c1=O. The number of aromatic nitrogens is 4. The molecule has 1 aliphatic heterocycles. The highest BCUT2D eigenvalue weighted by Crippen LogP contribution is 2.24. The van der Waals surface area contributed by atoms with Gasteiger partial charge in [0.15, 0.2) is 5.65 Å². The normalized spacial score (nSPS) is 13.1. The van der Waals surface area contributed by atoms with Crippen molar-refractivity contribution in [1.82, 2.24) is 19.2 Å². The lowest BCUT2D eigenvalue weighted by atomic mass is 10.0. The third-order valence-electron chi connectivity index (χ3n) is 5.77. The fourth-order valence-electron chi connectivity index (χ4n) is 4.19. The van der Waals surface area contributed by atoms with E-state index in [4.69, 9.17) is 4.74 Å². The van der Waals surface area contributed by atoms with Gasteiger partial charge in [-0.15, -0.1) is 5.10 Å². The standard InChI is InChI=1S/C24H24N6O3/c1-16-13-21-27-29(15-22(31)26-19-9-5-6-10-20(19)33-2)24(32)30(21)23(25-16)28-12-11-17-7-3-4-8-18(17)14-28/h3-10,13H,11-12,14-15H2,1-2H3,(H,26,31). The number of amides is 1. The Morgan fingerprint density at radius 3 is 2.70 bits per heavy atom. The third-order valence-corrected chi connectivity index (χ3v) is 5.77. The fraction of sp³-hybridized carbons (Fsp3) is 0.250. The van der Waals surface area contributed by atoms with Gasteiger partial charge in [0.25, 0.3) is 0 Å².